The van der Waals surface area contributed by atoms with Crippen molar-refractivity contribution in [2.45, 2.75) is 50.7 Å². The van der Waals surface area contributed by atoms with Gasteiger partial charge in [0.1, 0.15) is 17.3 Å². The highest BCUT2D eigenvalue weighted by molar-refractivity contribution is 5.94. The first kappa shape index (κ1) is 22.9. The molecule has 1 aromatic carbocycles. The van der Waals surface area contributed by atoms with E-state index >= 15 is 0 Å². The topological polar surface area (TPSA) is 185 Å². The average molecular weight is 394 g/mol. The molecule has 0 aromatic heterocycles. The van der Waals surface area contributed by atoms with E-state index in [1.165, 1.54) is 26.0 Å². The molecule has 154 valence electrons. The van der Waals surface area contributed by atoms with Crippen molar-refractivity contribution in [3.8, 4) is 5.75 Å². The Morgan fingerprint density at radius 3 is 2.21 bits per heavy atom. The molecule has 0 radical (unpaired) electrons. The zero-order valence-electron chi connectivity index (χ0n) is 15.8. The largest absolute Gasteiger partial charge is 0.508 e. The van der Waals surface area contributed by atoms with Crippen LogP contribution in [0.15, 0.2) is 24.3 Å². The summed E-state index contributed by atoms with van der Waals surface area (Å²) >= 11 is 0. The fraction of sp³-hybridized carbons (Fsp3) is 0.444. The van der Waals surface area contributed by atoms with Gasteiger partial charge in [0, 0.05) is 6.42 Å². The summed E-state index contributed by atoms with van der Waals surface area (Å²) in [5.41, 5.74) is 10.2. The molecule has 0 aliphatic heterocycles. The number of nitrogens with one attached hydrogen (secondary N) is 2. The summed E-state index contributed by atoms with van der Waals surface area (Å²) in [4.78, 5) is 46.8. The predicted molar refractivity (Wildman–Crippen MR) is 100 cm³/mol. The Bertz CT molecular complexity index is 732. The number of aliphatic carboxylic acids is 1. The smallest absolute Gasteiger partial charge is 0.326 e. The molecule has 0 spiro atoms. The highest BCUT2D eigenvalue weighted by atomic mass is 16.4. The first-order valence-corrected chi connectivity index (χ1v) is 8.60. The zero-order chi connectivity index (χ0) is 21.5. The Balaban J connectivity index is 2.69. The molecule has 0 aliphatic rings. The Hall–Kier alpha value is -3.14. The molecule has 10 nitrogen and oxygen atoms in total. The van der Waals surface area contributed by atoms with Crippen molar-refractivity contribution in [3.63, 3.8) is 0 Å². The van der Waals surface area contributed by atoms with Gasteiger partial charge in [-0.15, -0.1) is 0 Å². The van der Waals surface area contributed by atoms with Crippen LogP contribution in [-0.2, 0) is 25.6 Å². The summed E-state index contributed by atoms with van der Waals surface area (Å²) in [6.07, 6.45) is -0.192. The van der Waals surface area contributed by atoms with Gasteiger partial charge in [-0.05, 0) is 44.4 Å². The number of rotatable bonds is 10. The molecule has 0 aliphatic carbocycles. The van der Waals surface area contributed by atoms with Crippen LogP contribution in [0.1, 0.15) is 32.3 Å². The van der Waals surface area contributed by atoms with Crippen molar-refractivity contribution in [2.75, 3.05) is 0 Å². The number of carboxylic acids is 1. The van der Waals surface area contributed by atoms with Gasteiger partial charge in [-0.3, -0.25) is 14.4 Å². The van der Waals surface area contributed by atoms with Crippen molar-refractivity contribution in [2.24, 2.45) is 11.5 Å². The van der Waals surface area contributed by atoms with Gasteiger partial charge in [0.05, 0.1) is 6.04 Å². The van der Waals surface area contributed by atoms with Crippen LogP contribution >= 0.6 is 0 Å². The number of hydrogen-bond acceptors (Lipinski definition) is 6. The molecule has 0 saturated carbocycles. The summed E-state index contributed by atoms with van der Waals surface area (Å²) in [6.45, 7) is 2.81. The first-order chi connectivity index (χ1) is 12.9. The number of nitrogens with two attached hydrogens (primary N) is 2. The maximum Gasteiger partial charge on any atom is 0.326 e. The fourth-order valence-corrected chi connectivity index (χ4v) is 2.32. The van der Waals surface area contributed by atoms with E-state index in [0.717, 1.165) is 5.56 Å². The second kappa shape index (κ2) is 9.70. The number of aromatic hydroxyl groups is 1. The summed E-state index contributed by atoms with van der Waals surface area (Å²) in [6, 6.07) is 3.90. The molecule has 3 amide bonds. The first-order valence-electron chi connectivity index (χ1n) is 8.60. The normalized spacial score (nSPS) is 13.2. The number of primary amides is 1. The number of benzene rings is 1. The molecule has 0 fully saturated rings. The monoisotopic (exact) mass is 394 g/mol. The second-order valence-corrected chi connectivity index (χ2v) is 6.96. The molecule has 28 heavy (non-hydrogen) atoms. The molecule has 0 unspecified atom stereocenters. The third-order valence-electron chi connectivity index (χ3n) is 4.01. The van der Waals surface area contributed by atoms with Crippen LogP contribution in [0.3, 0.4) is 0 Å². The summed E-state index contributed by atoms with van der Waals surface area (Å²) in [7, 11) is 0. The van der Waals surface area contributed by atoms with Crippen molar-refractivity contribution < 1.29 is 29.4 Å². The van der Waals surface area contributed by atoms with Gasteiger partial charge in [-0.2, -0.15) is 0 Å². The zero-order valence-corrected chi connectivity index (χ0v) is 15.8. The average Bonchev–Trinajstić information content (AvgIpc) is 2.59. The summed E-state index contributed by atoms with van der Waals surface area (Å²) < 4.78 is 0. The molecule has 0 heterocycles. The molecule has 0 saturated heterocycles. The highest BCUT2D eigenvalue weighted by Crippen LogP contribution is 2.12. The Kier molecular flexibility index (Phi) is 7.93. The number of carboxylic acid groups (broad SMARTS) is 1. The maximum absolute atomic E-state index is 12.4. The lowest BCUT2D eigenvalue weighted by molar-refractivity contribution is -0.143. The van der Waals surface area contributed by atoms with Gasteiger partial charge in [-0.25, -0.2) is 4.79 Å². The van der Waals surface area contributed by atoms with E-state index in [1.54, 1.807) is 12.1 Å². The van der Waals surface area contributed by atoms with Crippen LogP contribution in [0.25, 0.3) is 0 Å². The third kappa shape index (κ3) is 7.23. The van der Waals surface area contributed by atoms with E-state index in [2.05, 4.69) is 10.6 Å². The van der Waals surface area contributed by atoms with Crippen LogP contribution in [-0.4, -0.2) is 51.5 Å². The van der Waals surface area contributed by atoms with Crippen molar-refractivity contribution >= 4 is 23.7 Å². The van der Waals surface area contributed by atoms with Crippen LogP contribution in [0.4, 0.5) is 0 Å². The minimum atomic E-state index is -1.44. The van der Waals surface area contributed by atoms with Gasteiger partial charge in [0.25, 0.3) is 0 Å². The van der Waals surface area contributed by atoms with Gasteiger partial charge in [0.2, 0.25) is 17.7 Å². The lowest BCUT2D eigenvalue weighted by Crippen LogP contribution is -2.60. The number of amides is 3. The Labute approximate surface area is 162 Å². The minimum Gasteiger partial charge on any atom is -0.508 e. The van der Waals surface area contributed by atoms with E-state index < -0.39 is 41.3 Å². The fourth-order valence-electron chi connectivity index (χ4n) is 2.32. The molecule has 0 bridgehead atoms. The molecular weight excluding hydrogens is 368 g/mol. The predicted octanol–water partition coefficient (Wildman–Crippen LogP) is -1.01. The van der Waals surface area contributed by atoms with Crippen molar-refractivity contribution in [1.82, 2.24) is 10.6 Å². The number of carbonyl (C=O) groups is 4. The van der Waals surface area contributed by atoms with E-state index in [4.69, 9.17) is 16.6 Å². The number of hydrogen-bond donors (Lipinski definition) is 6. The number of carbonyl (C=O) groups excluding carboxylic acids is 3. The molecule has 8 N–H and O–H groups in total. The molecule has 1 aromatic rings. The van der Waals surface area contributed by atoms with Crippen molar-refractivity contribution in [3.05, 3.63) is 29.8 Å². The number of phenolic OH excluding ortho intramolecular Hbond substituents is 1. The standard InChI is InChI=1S/C18H26N4O6/c1-18(2,17(28)21-13(16(26)27)7-8-14(20)24)22-15(25)12(19)9-10-3-5-11(23)6-4-10/h3-6,12-13,23H,7-9,19H2,1-2H3,(H2,20,24)(H,21,28)(H,22,25)(H,26,27)/t12-,13-/m0/s1. The van der Waals surface area contributed by atoms with E-state index in [9.17, 15) is 24.3 Å². The van der Waals surface area contributed by atoms with Crippen molar-refractivity contribution in [1.29, 1.82) is 0 Å². The quantitative estimate of drug-likeness (QED) is 0.293. The lowest BCUT2D eigenvalue weighted by Gasteiger charge is -2.28. The highest BCUT2D eigenvalue weighted by Gasteiger charge is 2.34. The minimum absolute atomic E-state index is 0.0869. The number of phenols is 1. The SMILES string of the molecule is CC(C)(NC(=O)[C@@H](N)Cc1ccc(O)cc1)C(=O)N[C@@H](CCC(N)=O)C(=O)O. The molecule has 1 rings (SSSR count). The maximum atomic E-state index is 12.4. The van der Waals surface area contributed by atoms with Crippen LogP contribution in [0.5, 0.6) is 5.75 Å². The van der Waals surface area contributed by atoms with Crippen LogP contribution < -0.4 is 22.1 Å². The summed E-state index contributed by atoms with van der Waals surface area (Å²) in [5, 5.41) is 23.2. The Morgan fingerprint density at radius 2 is 1.71 bits per heavy atom. The second-order valence-electron chi connectivity index (χ2n) is 6.96. The van der Waals surface area contributed by atoms with Crippen LogP contribution in [0.2, 0.25) is 0 Å². The van der Waals surface area contributed by atoms with E-state index in [1.807, 2.05) is 0 Å². The van der Waals surface area contributed by atoms with Gasteiger partial charge < -0.3 is 32.3 Å². The van der Waals surface area contributed by atoms with E-state index in [0.29, 0.717) is 0 Å². The molecule has 10 heteroatoms. The van der Waals surface area contributed by atoms with E-state index in [-0.39, 0.29) is 25.0 Å². The Morgan fingerprint density at radius 1 is 1.14 bits per heavy atom. The third-order valence-corrected chi connectivity index (χ3v) is 4.01. The van der Waals surface area contributed by atoms with Gasteiger partial charge >= 0.3 is 5.97 Å². The lowest BCUT2D eigenvalue weighted by atomic mass is 10.00. The van der Waals surface area contributed by atoms with Gasteiger partial charge in [0.15, 0.2) is 0 Å². The molecule has 2 atom stereocenters. The van der Waals surface area contributed by atoms with Crippen LogP contribution in [0, 0.1) is 0 Å². The van der Waals surface area contributed by atoms with Gasteiger partial charge in [-0.1, -0.05) is 12.1 Å². The summed E-state index contributed by atoms with van der Waals surface area (Å²) in [5.74, 6) is -3.26. The molecular formula is C18H26N4O6.